The molecule has 130 valence electrons. The number of hydrogen-bond donors (Lipinski definition) is 2. The summed E-state index contributed by atoms with van der Waals surface area (Å²) in [6, 6.07) is 15.6. The van der Waals surface area contributed by atoms with Crippen molar-refractivity contribution < 1.29 is 9.84 Å². The summed E-state index contributed by atoms with van der Waals surface area (Å²) in [5.74, 6) is 0.607. The lowest BCUT2D eigenvalue weighted by Gasteiger charge is -2.06. The van der Waals surface area contributed by atoms with Crippen LogP contribution in [0.4, 0.5) is 5.13 Å². The van der Waals surface area contributed by atoms with Crippen molar-refractivity contribution in [2.75, 3.05) is 12.4 Å². The molecule has 0 aliphatic heterocycles. The van der Waals surface area contributed by atoms with Gasteiger partial charge in [0.05, 0.1) is 17.3 Å². The summed E-state index contributed by atoms with van der Waals surface area (Å²) >= 11 is 1.61. The number of nitrogens with zero attached hydrogens (tertiary/aromatic N) is 2. The molecule has 0 spiro atoms. The second-order valence-corrected chi connectivity index (χ2v) is 6.83. The number of hydrogen-bond acceptors (Lipinski definition) is 6. The van der Waals surface area contributed by atoms with E-state index >= 15 is 0 Å². The normalized spacial score (nSPS) is 10.8. The summed E-state index contributed by atoms with van der Waals surface area (Å²) < 4.78 is 6.19. The van der Waals surface area contributed by atoms with Crippen molar-refractivity contribution in [2.45, 2.75) is 6.54 Å². The topological polar surface area (TPSA) is 67.3 Å². The number of phenols is 1. The van der Waals surface area contributed by atoms with Crippen LogP contribution in [0.25, 0.3) is 21.3 Å². The highest BCUT2D eigenvalue weighted by atomic mass is 32.1. The maximum atomic E-state index is 9.87. The minimum absolute atomic E-state index is 0.137. The van der Waals surface area contributed by atoms with Gasteiger partial charge in [0.15, 0.2) is 16.6 Å². The molecule has 2 N–H and O–H groups in total. The second-order valence-electron chi connectivity index (χ2n) is 5.80. The smallest absolute Gasteiger partial charge is 0.184 e. The molecular formula is C20H17N3O2S. The van der Waals surface area contributed by atoms with Crippen molar-refractivity contribution in [3.05, 3.63) is 66.5 Å². The Balaban J connectivity index is 1.53. The van der Waals surface area contributed by atoms with E-state index in [0.29, 0.717) is 12.3 Å². The molecule has 0 amide bonds. The van der Waals surface area contributed by atoms with Crippen LogP contribution in [-0.2, 0) is 6.54 Å². The van der Waals surface area contributed by atoms with Crippen molar-refractivity contribution in [3.63, 3.8) is 0 Å². The Hall–Kier alpha value is -3.12. The van der Waals surface area contributed by atoms with Crippen molar-refractivity contribution in [3.8, 4) is 22.6 Å². The van der Waals surface area contributed by atoms with E-state index in [0.717, 1.165) is 32.0 Å². The van der Waals surface area contributed by atoms with Gasteiger partial charge >= 0.3 is 0 Å². The molecule has 0 saturated carbocycles. The fourth-order valence-electron chi connectivity index (χ4n) is 2.75. The van der Waals surface area contributed by atoms with Gasteiger partial charge in [-0.15, -0.1) is 0 Å². The van der Waals surface area contributed by atoms with Crippen molar-refractivity contribution in [1.82, 2.24) is 9.97 Å². The molecule has 0 unspecified atom stereocenters. The third-order valence-corrected chi connectivity index (χ3v) is 5.06. The van der Waals surface area contributed by atoms with Gasteiger partial charge in [-0.25, -0.2) is 4.98 Å². The van der Waals surface area contributed by atoms with E-state index in [1.807, 2.05) is 24.3 Å². The molecule has 4 rings (SSSR count). The van der Waals surface area contributed by atoms with Crippen LogP contribution in [0.5, 0.6) is 11.5 Å². The number of phenolic OH excluding ortho intramolecular Hbond substituents is 1. The molecule has 2 aromatic heterocycles. The second kappa shape index (κ2) is 7.01. The highest BCUT2D eigenvalue weighted by Crippen LogP contribution is 2.31. The van der Waals surface area contributed by atoms with Crippen molar-refractivity contribution in [1.29, 1.82) is 0 Å². The number of aromatic nitrogens is 2. The van der Waals surface area contributed by atoms with E-state index in [1.54, 1.807) is 35.9 Å². The van der Waals surface area contributed by atoms with Gasteiger partial charge < -0.3 is 15.2 Å². The first-order chi connectivity index (χ1) is 12.7. The van der Waals surface area contributed by atoms with Gasteiger partial charge in [-0.05, 0) is 53.1 Å². The Bertz CT molecular complexity index is 1050. The number of thiazole rings is 1. The lowest BCUT2D eigenvalue weighted by atomic mass is 10.1. The number of benzene rings is 2. The zero-order chi connectivity index (χ0) is 17.9. The molecule has 26 heavy (non-hydrogen) atoms. The number of fused-ring (bicyclic) bond motifs is 1. The molecule has 4 aromatic rings. The fraction of sp³-hybridized carbons (Fsp3) is 0.100. The molecule has 6 heteroatoms. The minimum Gasteiger partial charge on any atom is -0.504 e. The molecule has 0 fully saturated rings. The number of methoxy groups -OCH3 is 1. The number of anilines is 1. The summed E-state index contributed by atoms with van der Waals surface area (Å²) in [6.07, 6.45) is 3.59. The number of nitrogens with one attached hydrogen (secondary N) is 1. The Kier molecular flexibility index (Phi) is 4.41. The van der Waals surface area contributed by atoms with Gasteiger partial charge in [-0.3, -0.25) is 4.98 Å². The zero-order valence-electron chi connectivity index (χ0n) is 14.1. The highest BCUT2D eigenvalue weighted by Gasteiger charge is 2.07. The molecule has 0 saturated heterocycles. The molecule has 0 bridgehead atoms. The van der Waals surface area contributed by atoms with Crippen LogP contribution in [-0.4, -0.2) is 22.2 Å². The predicted octanol–water partition coefficient (Wildman–Crippen LogP) is 4.68. The van der Waals surface area contributed by atoms with E-state index in [9.17, 15) is 5.11 Å². The van der Waals surface area contributed by atoms with Crippen LogP contribution in [0.2, 0.25) is 0 Å². The van der Waals surface area contributed by atoms with Crippen LogP contribution >= 0.6 is 11.3 Å². The van der Waals surface area contributed by atoms with Gasteiger partial charge in [0.1, 0.15) is 0 Å². The predicted molar refractivity (Wildman–Crippen MR) is 105 cm³/mol. The summed E-state index contributed by atoms with van der Waals surface area (Å²) in [4.78, 5) is 8.69. The maximum Gasteiger partial charge on any atom is 0.184 e. The van der Waals surface area contributed by atoms with Crippen LogP contribution in [0.3, 0.4) is 0 Å². The quantitative estimate of drug-likeness (QED) is 0.539. The molecular weight excluding hydrogens is 346 g/mol. The SMILES string of the molecule is COc1ccc(CNc2nc3ccc(-c4ccncc4)cc3s2)cc1O. The van der Waals surface area contributed by atoms with E-state index in [-0.39, 0.29) is 5.75 Å². The zero-order valence-corrected chi connectivity index (χ0v) is 15.0. The van der Waals surface area contributed by atoms with Gasteiger partial charge in [-0.1, -0.05) is 23.5 Å². The number of aromatic hydroxyl groups is 1. The van der Waals surface area contributed by atoms with Crippen molar-refractivity contribution in [2.24, 2.45) is 0 Å². The minimum atomic E-state index is 0.137. The van der Waals surface area contributed by atoms with E-state index in [4.69, 9.17) is 4.74 Å². The molecule has 2 heterocycles. The summed E-state index contributed by atoms with van der Waals surface area (Å²) in [6.45, 7) is 0.578. The van der Waals surface area contributed by atoms with E-state index in [2.05, 4.69) is 27.4 Å². The largest absolute Gasteiger partial charge is 0.504 e. The average molecular weight is 363 g/mol. The van der Waals surface area contributed by atoms with Crippen LogP contribution in [0.1, 0.15) is 5.56 Å². The summed E-state index contributed by atoms with van der Waals surface area (Å²) in [5, 5.41) is 14.0. The number of ether oxygens (including phenoxy) is 1. The third-order valence-electron chi connectivity index (χ3n) is 4.09. The monoisotopic (exact) mass is 363 g/mol. The number of rotatable bonds is 5. The maximum absolute atomic E-state index is 9.87. The Morgan fingerprint density at radius 1 is 1.04 bits per heavy atom. The standard InChI is InChI=1S/C20H17N3O2S/c1-25-18-5-2-13(10-17(18)24)12-22-20-23-16-4-3-15(11-19(16)26-20)14-6-8-21-9-7-14/h2-11,24H,12H2,1H3,(H,22,23). The molecule has 2 aromatic carbocycles. The van der Waals surface area contributed by atoms with Gasteiger partial charge in [0.2, 0.25) is 0 Å². The Morgan fingerprint density at radius 2 is 1.88 bits per heavy atom. The molecule has 0 aliphatic rings. The molecule has 0 radical (unpaired) electrons. The Labute approximate surface area is 154 Å². The van der Waals surface area contributed by atoms with Gasteiger partial charge in [0.25, 0.3) is 0 Å². The first kappa shape index (κ1) is 16.4. The first-order valence-electron chi connectivity index (χ1n) is 8.14. The lowest BCUT2D eigenvalue weighted by molar-refractivity contribution is 0.373. The number of pyridine rings is 1. The van der Waals surface area contributed by atoms with E-state index in [1.165, 1.54) is 7.11 Å². The molecule has 5 nitrogen and oxygen atoms in total. The van der Waals surface area contributed by atoms with Crippen LogP contribution < -0.4 is 10.1 Å². The van der Waals surface area contributed by atoms with Gasteiger partial charge in [0, 0.05) is 18.9 Å². The lowest BCUT2D eigenvalue weighted by Crippen LogP contribution is -1.98. The molecule has 0 aliphatic carbocycles. The van der Waals surface area contributed by atoms with Crippen LogP contribution in [0, 0.1) is 0 Å². The summed E-state index contributed by atoms with van der Waals surface area (Å²) in [7, 11) is 1.54. The Morgan fingerprint density at radius 3 is 2.65 bits per heavy atom. The third kappa shape index (κ3) is 3.32. The first-order valence-corrected chi connectivity index (χ1v) is 8.95. The van der Waals surface area contributed by atoms with E-state index < -0.39 is 0 Å². The van der Waals surface area contributed by atoms with Crippen LogP contribution in [0.15, 0.2) is 60.9 Å². The summed E-state index contributed by atoms with van der Waals surface area (Å²) in [5.41, 5.74) is 4.21. The average Bonchev–Trinajstić information content (AvgIpc) is 3.09. The van der Waals surface area contributed by atoms with Crippen molar-refractivity contribution >= 4 is 26.7 Å². The highest BCUT2D eigenvalue weighted by molar-refractivity contribution is 7.22. The molecule has 0 atom stereocenters. The fourth-order valence-corrected chi connectivity index (χ4v) is 3.65. The van der Waals surface area contributed by atoms with Gasteiger partial charge in [-0.2, -0.15) is 0 Å².